The summed E-state index contributed by atoms with van der Waals surface area (Å²) in [6.45, 7) is 2.55. The molecule has 0 aromatic heterocycles. The second-order valence-corrected chi connectivity index (χ2v) is 2.10. The summed E-state index contributed by atoms with van der Waals surface area (Å²) < 4.78 is 9.79. The number of hydrogen-bond acceptors (Lipinski definition) is 3. The van der Waals surface area contributed by atoms with Gasteiger partial charge in [0.15, 0.2) is 0 Å². The van der Waals surface area contributed by atoms with Gasteiger partial charge in [-0.05, 0) is 31.2 Å². The van der Waals surface area contributed by atoms with Gasteiger partial charge in [0, 0.05) is 0 Å². The summed E-state index contributed by atoms with van der Waals surface area (Å²) in [6.07, 6.45) is 1.59. The van der Waals surface area contributed by atoms with Crippen LogP contribution in [0.25, 0.3) is 0 Å². The Morgan fingerprint density at radius 1 is 1.25 bits per heavy atom. The first kappa shape index (κ1) is 8.41. The van der Waals surface area contributed by atoms with Gasteiger partial charge < -0.3 is 9.47 Å². The number of hydrogen-bond donors (Lipinski definition) is 0. The van der Waals surface area contributed by atoms with Gasteiger partial charge >= 0.3 is 0 Å². The average Bonchev–Trinajstić information content (AvgIpc) is 2.09. The summed E-state index contributed by atoms with van der Waals surface area (Å²) in [5, 5.41) is 8.19. The first-order valence-corrected chi connectivity index (χ1v) is 3.65. The van der Waals surface area contributed by atoms with E-state index in [2.05, 4.69) is 4.74 Å². The molecule has 0 bridgehead atoms. The zero-order chi connectivity index (χ0) is 8.81. The Bertz CT molecular complexity index is 274. The quantitative estimate of drug-likeness (QED) is 0.639. The van der Waals surface area contributed by atoms with Crippen LogP contribution in [0, 0.1) is 11.5 Å². The van der Waals surface area contributed by atoms with E-state index in [4.69, 9.17) is 10.00 Å². The molecule has 3 nitrogen and oxygen atoms in total. The number of nitrogens with zero attached hydrogens (tertiary/aromatic N) is 1. The van der Waals surface area contributed by atoms with E-state index in [1.54, 1.807) is 30.5 Å². The van der Waals surface area contributed by atoms with Gasteiger partial charge in [0.1, 0.15) is 11.5 Å². The van der Waals surface area contributed by atoms with E-state index >= 15 is 0 Å². The smallest absolute Gasteiger partial charge is 0.292 e. The number of rotatable bonds is 3. The van der Waals surface area contributed by atoms with Crippen molar-refractivity contribution in [1.29, 1.82) is 5.26 Å². The van der Waals surface area contributed by atoms with Crippen molar-refractivity contribution in [3.63, 3.8) is 0 Å². The predicted molar refractivity (Wildman–Crippen MR) is 43.9 cm³/mol. The highest BCUT2D eigenvalue weighted by molar-refractivity contribution is 5.31. The maximum absolute atomic E-state index is 8.19. The monoisotopic (exact) mass is 163 g/mol. The Labute approximate surface area is 71.1 Å². The number of nitriles is 1. The van der Waals surface area contributed by atoms with E-state index < -0.39 is 0 Å². The molecule has 1 aromatic rings. The van der Waals surface area contributed by atoms with Gasteiger partial charge in [-0.3, -0.25) is 0 Å². The lowest BCUT2D eigenvalue weighted by molar-refractivity contribution is 0.339. The third kappa shape index (κ3) is 2.17. The summed E-state index contributed by atoms with van der Waals surface area (Å²) in [6, 6.07) is 6.90. The highest BCUT2D eigenvalue weighted by Gasteiger charge is 1.93. The lowest BCUT2D eigenvalue weighted by atomic mass is 10.3. The van der Waals surface area contributed by atoms with Crippen molar-refractivity contribution in [2.75, 3.05) is 6.61 Å². The number of benzene rings is 1. The van der Waals surface area contributed by atoms with Crippen molar-refractivity contribution in [1.82, 2.24) is 0 Å². The fraction of sp³-hybridized carbons (Fsp3) is 0.222. The van der Waals surface area contributed by atoms with Crippen molar-refractivity contribution in [3.8, 4) is 17.8 Å². The number of ether oxygens (including phenoxy) is 2. The summed E-state index contributed by atoms with van der Waals surface area (Å²) in [5.74, 6) is 1.31. The van der Waals surface area contributed by atoms with Crippen LogP contribution in [0.1, 0.15) is 6.92 Å². The van der Waals surface area contributed by atoms with Crippen LogP contribution in [-0.4, -0.2) is 6.61 Å². The van der Waals surface area contributed by atoms with Crippen LogP contribution < -0.4 is 9.47 Å². The standard InChI is InChI=1S/C9H9NO2/c1-2-11-8-3-5-9(6-4-8)12-7-10/h3-6H,2H2,1H3. The Kier molecular flexibility index (Phi) is 2.97. The summed E-state index contributed by atoms with van der Waals surface area (Å²) in [5.41, 5.74) is 0. The molecule has 0 N–H and O–H groups in total. The first-order chi connectivity index (χ1) is 5.86. The topological polar surface area (TPSA) is 42.2 Å². The van der Waals surface area contributed by atoms with E-state index in [0.29, 0.717) is 12.4 Å². The maximum atomic E-state index is 8.19. The first-order valence-electron chi connectivity index (χ1n) is 3.65. The zero-order valence-corrected chi connectivity index (χ0v) is 6.78. The molecule has 0 aliphatic heterocycles. The van der Waals surface area contributed by atoms with Gasteiger partial charge in [-0.25, -0.2) is 0 Å². The van der Waals surface area contributed by atoms with Crippen LogP contribution in [0.4, 0.5) is 0 Å². The van der Waals surface area contributed by atoms with Crippen LogP contribution in [-0.2, 0) is 0 Å². The minimum absolute atomic E-state index is 0.529. The molecule has 0 amide bonds. The molecule has 62 valence electrons. The molecule has 0 heterocycles. The average molecular weight is 163 g/mol. The molecule has 0 unspecified atom stereocenters. The van der Waals surface area contributed by atoms with E-state index in [9.17, 15) is 0 Å². The van der Waals surface area contributed by atoms with E-state index in [1.165, 1.54) is 0 Å². The normalized spacial score (nSPS) is 8.67. The van der Waals surface area contributed by atoms with E-state index in [1.807, 2.05) is 6.92 Å². The summed E-state index contributed by atoms with van der Waals surface area (Å²) in [7, 11) is 0. The molecule has 0 aliphatic rings. The van der Waals surface area contributed by atoms with Crippen molar-refractivity contribution in [2.45, 2.75) is 6.92 Å². The highest BCUT2D eigenvalue weighted by Crippen LogP contribution is 2.16. The zero-order valence-electron chi connectivity index (χ0n) is 6.78. The van der Waals surface area contributed by atoms with Gasteiger partial charge in [0.2, 0.25) is 0 Å². The molecular formula is C9H9NO2. The molecule has 0 spiro atoms. The van der Waals surface area contributed by atoms with Crippen molar-refractivity contribution in [3.05, 3.63) is 24.3 Å². The minimum atomic E-state index is 0.529. The molecule has 1 aromatic carbocycles. The highest BCUT2D eigenvalue weighted by atomic mass is 16.5. The summed E-state index contributed by atoms with van der Waals surface area (Å²) >= 11 is 0. The molecule has 0 saturated carbocycles. The fourth-order valence-corrected chi connectivity index (χ4v) is 0.823. The lowest BCUT2D eigenvalue weighted by Crippen LogP contribution is -1.90. The molecule has 0 aliphatic carbocycles. The molecule has 1 rings (SSSR count). The van der Waals surface area contributed by atoms with Crippen LogP contribution in [0.15, 0.2) is 24.3 Å². The lowest BCUT2D eigenvalue weighted by Gasteiger charge is -2.01. The fourth-order valence-electron chi connectivity index (χ4n) is 0.823. The Morgan fingerprint density at radius 3 is 2.33 bits per heavy atom. The van der Waals surface area contributed by atoms with Gasteiger partial charge in [0.05, 0.1) is 6.61 Å². The molecular weight excluding hydrogens is 154 g/mol. The minimum Gasteiger partial charge on any atom is -0.494 e. The van der Waals surface area contributed by atoms with E-state index in [0.717, 1.165) is 5.75 Å². The molecule has 0 fully saturated rings. The third-order valence-corrected chi connectivity index (χ3v) is 1.30. The van der Waals surface area contributed by atoms with Crippen LogP contribution in [0.2, 0.25) is 0 Å². The van der Waals surface area contributed by atoms with Crippen LogP contribution in [0.3, 0.4) is 0 Å². The second kappa shape index (κ2) is 4.24. The third-order valence-electron chi connectivity index (χ3n) is 1.30. The van der Waals surface area contributed by atoms with Gasteiger partial charge in [0.25, 0.3) is 6.26 Å². The molecule has 0 atom stereocenters. The SMILES string of the molecule is CCOc1ccc(OC#N)cc1. The van der Waals surface area contributed by atoms with Crippen molar-refractivity contribution >= 4 is 0 Å². The van der Waals surface area contributed by atoms with Gasteiger partial charge in [-0.2, -0.15) is 0 Å². The van der Waals surface area contributed by atoms with Crippen LogP contribution >= 0.6 is 0 Å². The Hall–Kier alpha value is -1.69. The summed E-state index contributed by atoms with van der Waals surface area (Å²) in [4.78, 5) is 0. The predicted octanol–water partition coefficient (Wildman–Crippen LogP) is 1.95. The molecule has 3 heteroatoms. The van der Waals surface area contributed by atoms with Crippen molar-refractivity contribution in [2.24, 2.45) is 0 Å². The molecule has 12 heavy (non-hydrogen) atoms. The Balaban J connectivity index is 2.66. The van der Waals surface area contributed by atoms with Gasteiger partial charge in [-0.1, -0.05) is 0 Å². The molecule has 0 saturated heterocycles. The maximum Gasteiger partial charge on any atom is 0.292 e. The molecule has 0 radical (unpaired) electrons. The Morgan fingerprint density at radius 2 is 1.83 bits per heavy atom. The van der Waals surface area contributed by atoms with Crippen molar-refractivity contribution < 1.29 is 9.47 Å². The largest absolute Gasteiger partial charge is 0.494 e. The van der Waals surface area contributed by atoms with Crippen LogP contribution in [0.5, 0.6) is 11.5 Å². The van der Waals surface area contributed by atoms with Gasteiger partial charge in [-0.15, -0.1) is 5.26 Å². The van der Waals surface area contributed by atoms with E-state index in [-0.39, 0.29) is 0 Å². The second-order valence-electron chi connectivity index (χ2n) is 2.10.